The van der Waals surface area contributed by atoms with Crippen LogP contribution in [0.5, 0.6) is 0 Å². The van der Waals surface area contributed by atoms with Gasteiger partial charge in [-0.05, 0) is 31.8 Å². The fourth-order valence-corrected chi connectivity index (χ4v) is 2.57. The molecule has 1 nitrogen and oxygen atoms in total. The minimum absolute atomic E-state index is 0.996. The quantitative estimate of drug-likeness (QED) is 0.664. The lowest BCUT2D eigenvalue weighted by Crippen LogP contribution is -2.29. The van der Waals surface area contributed by atoms with Crippen molar-refractivity contribution in [2.75, 3.05) is 19.6 Å². The molecule has 0 aromatic rings. The Morgan fingerprint density at radius 1 is 0.857 bits per heavy atom. The highest BCUT2D eigenvalue weighted by atomic mass is 15.1. The third kappa shape index (κ3) is 4.45. The van der Waals surface area contributed by atoms with Gasteiger partial charge in [0.1, 0.15) is 0 Å². The smallest absolute Gasteiger partial charge is 0.000942 e. The Morgan fingerprint density at radius 3 is 1.86 bits per heavy atom. The zero-order valence-electron chi connectivity index (χ0n) is 10.1. The second kappa shape index (κ2) is 7.28. The summed E-state index contributed by atoms with van der Waals surface area (Å²) in [6.45, 7) is 8.38. The second-order valence-electron chi connectivity index (χ2n) is 4.70. The lowest BCUT2D eigenvalue weighted by molar-refractivity contribution is 0.225. The molecule has 0 aromatic heterocycles. The molecule has 0 radical (unpaired) electrons. The molecule has 0 spiro atoms. The van der Waals surface area contributed by atoms with Gasteiger partial charge in [0.2, 0.25) is 0 Å². The van der Waals surface area contributed by atoms with Crippen LogP contribution in [0.4, 0.5) is 0 Å². The summed E-state index contributed by atoms with van der Waals surface area (Å²) in [7, 11) is 0. The van der Waals surface area contributed by atoms with E-state index in [2.05, 4.69) is 18.7 Å². The fourth-order valence-electron chi connectivity index (χ4n) is 2.57. The van der Waals surface area contributed by atoms with Crippen LogP contribution in [0.2, 0.25) is 0 Å². The Kier molecular flexibility index (Phi) is 6.25. The molecule has 1 fully saturated rings. The molecule has 1 heteroatoms. The van der Waals surface area contributed by atoms with Crippen LogP contribution >= 0.6 is 0 Å². The predicted molar refractivity (Wildman–Crippen MR) is 63.6 cm³/mol. The van der Waals surface area contributed by atoms with Crippen molar-refractivity contribution >= 4 is 0 Å². The van der Waals surface area contributed by atoms with Gasteiger partial charge in [-0.3, -0.25) is 0 Å². The molecule has 0 saturated heterocycles. The highest BCUT2D eigenvalue weighted by molar-refractivity contribution is 4.67. The van der Waals surface area contributed by atoms with Gasteiger partial charge < -0.3 is 4.90 Å². The number of nitrogens with zero attached hydrogens (tertiary/aromatic N) is 1. The fraction of sp³-hybridized carbons (Fsp3) is 1.00. The van der Waals surface area contributed by atoms with E-state index >= 15 is 0 Å². The van der Waals surface area contributed by atoms with Crippen molar-refractivity contribution in [3.63, 3.8) is 0 Å². The van der Waals surface area contributed by atoms with Crippen LogP contribution in [0, 0.1) is 5.92 Å². The summed E-state index contributed by atoms with van der Waals surface area (Å²) < 4.78 is 0. The molecular formula is C13H27N. The first kappa shape index (κ1) is 12.0. The molecule has 1 aliphatic carbocycles. The minimum Gasteiger partial charge on any atom is -0.304 e. The molecule has 0 amide bonds. The summed E-state index contributed by atoms with van der Waals surface area (Å²) in [5.41, 5.74) is 0. The average molecular weight is 197 g/mol. The molecule has 0 bridgehead atoms. The Labute approximate surface area is 89.9 Å². The molecule has 1 aliphatic rings. The molecular weight excluding hydrogens is 170 g/mol. The Morgan fingerprint density at radius 2 is 1.36 bits per heavy atom. The Bertz CT molecular complexity index is 121. The maximum Gasteiger partial charge on any atom is 0.000942 e. The topological polar surface area (TPSA) is 3.24 Å². The highest BCUT2D eigenvalue weighted by Gasteiger charge is 2.13. The minimum atomic E-state index is 0.996. The summed E-state index contributed by atoms with van der Waals surface area (Å²) in [6.07, 6.45) is 10.4. The number of rotatable bonds is 4. The maximum absolute atomic E-state index is 2.59. The van der Waals surface area contributed by atoms with E-state index in [1.54, 1.807) is 0 Å². The molecule has 0 aromatic carbocycles. The summed E-state index contributed by atoms with van der Waals surface area (Å²) in [4.78, 5) is 2.59. The van der Waals surface area contributed by atoms with Crippen molar-refractivity contribution in [3.8, 4) is 0 Å². The van der Waals surface area contributed by atoms with Gasteiger partial charge in [-0.25, -0.2) is 0 Å². The third-order valence-corrected chi connectivity index (χ3v) is 3.64. The van der Waals surface area contributed by atoms with E-state index in [1.165, 1.54) is 64.6 Å². The molecule has 1 saturated carbocycles. The van der Waals surface area contributed by atoms with Crippen LogP contribution in [0.25, 0.3) is 0 Å². The van der Waals surface area contributed by atoms with E-state index in [0.29, 0.717) is 0 Å². The maximum atomic E-state index is 2.59. The van der Waals surface area contributed by atoms with E-state index in [0.717, 1.165) is 5.92 Å². The zero-order valence-corrected chi connectivity index (χ0v) is 10.1. The Balaban J connectivity index is 2.25. The molecule has 84 valence electrons. The monoisotopic (exact) mass is 197 g/mol. The van der Waals surface area contributed by atoms with Crippen LogP contribution < -0.4 is 0 Å². The van der Waals surface area contributed by atoms with Gasteiger partial charge >= 0.3 is 0 Å². The predicted octanol–water partition coefficient (Wildman–Crippen LogP) is 3.69. The molecule has 0 aliphatic heterocycles. The first-order chi connectivity index (χ1) is 6.86. The largest absolute Gasteiger partial charge is 0.304 e. The van der Waals surface area contributed by atoms with Crippen molar-refractivity contribution in [1.82, 2.24) is 4.90 Å². The van der Waals surface area contributed by atoms with Crippen molar-refractivity contribution < 1.29 is 0 Å². The summed E-state index contributed by atoms with van der Waals surface area (Å²) in [5, 5.41) is 0. The molecule has 0 N–H and O–H groups in total. The Hall–Kier alpha value is -0.0400. The first-order valence-electron chi connectivity index (χ1n) is 6.59. The summed E-state index contributed by atoms with van der Waals surface area (Å²) in [5.74, 6) is 0.996. The van der Waals surface area contributed by atoms with Crippen LogP contribution in [0.15, 0.2) is 0 Å². The van der Waals surface area contributed by atoms with Gasteiger partial charge in [0.05, 0.1) is 0 Å². The van der Waals surface area contributed by atoms with Crippen LogP contribution in [-0.4, -0.2) is 24.5 Å². The van der Waals surface area contributed by atoms with Gasteiger partial charge in [-0.15, -0.1) is 0 Å². The lowest BCUT2D eigenvalue weighted by Gasteiger charge is -2.26. The molecule has 0 atom stereocenters. The summed E-state index contributed by atoms with van der Waals surface area (Å²) in [6, 6.07) is 0. The lowest BCUT2D eigenvalue weighted by atomic mass is 9.91. The molecule has 1 rings (SSSR count). The third-order valence-electron chi connectivity index (χ3n) is 3.64. The zero-order chi connectivity index (χ0) is 10.2. The number of hydrogen-bond donors (Lipinski definition) is 0. The molecule has 14 heavy (non-hydrogen) atoms. The standard InChI is InChI=1S/C13H27N/c1-3-14(4-2)12-13-10-8-6-5-7-9-11-13/h13H,3-12H2,1-2H3. The van der Waals surface area contributed by atoms with Gasteiger partial charge in [0, 0.05) is 6.54 Å². The van der Waals surface area contributed by atoms with Crippen molar-refractivity contribution in [1.29, 1.82) is 0 Å². The van der Waals surface area contributed by atoms with Crippen molar-refractivity contribution in [3.05, 3.63) is 0 Å². The summed E-state index contributed by atoms with van der Waals surface area (Å²) >= 11 is 0. The van der Waals surface area contributed by atoms with Gasteiger partial charge in [-0.2, -0.15) is 0 Å². The number of hydrogen-bond acceptors (Lipinski definition) is 1. The van der Waals surface area contributed by atoms with Crippen molar-refractivity contribution in [2.24, 2.45) is 5.92 Å². The van der Waals surface area contributed by atoms with Crippen molar-refractivity contribution in [2.45, 2.75) is 58.8 Å². The average Bonchev–Trinajstić information content (AvgIpc) is 2.16. The van der Waals surface area contributed by atoms with E-state index in [9.17, 15) is 0 Å². The van der Waals surface area contributed by atoms with Gasteiger partial charge in [0.15, 0.2) is 0 Å². The SMILES string of the molecule is CCN(CC)CC1CCCCCCC1. The highest BCUT2D eigenvalue weighted by Crippen LogP contribution is 2.22. The first-order valence-corrected chi connectivity index (χ1v) is 6.59. The molecule has 0 heterocycles. The van der Waals surface area contributed by atoms with Gasteiger partial charge in [-0.1, -0.05) is 46.0 Å². The van der Waals surface area contributed by atoms with Crippen LogP contribution in [0.1, 0.15) is 58.8 Å². The van der Waals surface area contributed by atoms with Crippen LogP contribution in [0.3, 0.4) is 0 Å². The second-order valence-corrected chi connectivity index (χ2v) is 4.70. The van der Waals surface area contributed by atoms with E-state index in [1.807, 2.05) is 0 Å². The van der Waals surface area contributed by atoms with Crippen LogP contribution in [-0.2, 0) is 0 Å². The van der Waals surface area contributed by atoms with E-state index in [-0.39, 0.29) is 0 Å². The van der Waals surface area contributed by atoms with E-state index in [4.69, 9.17) is 0 Å². The normalized spacial score (nSPS) is 20.8. The van der Waals surface area contributed by atoms with E-state index < -0.39 is 0 Å². The molecule has 0 unspecified atom stereocenters. The van der Waals surface area contributed by atoms with Gasteiger partial charge in [0.25, 0.3) is 0 Å².